The first-order valence-electron chi connectivity index (χ1n) is 6.23. The first kappa shape index (κ1) is 13.1. The number of hydrogen-bond donors (Lipinski definition) is 3. The molecule has 0 bridgehead atoms. The Morgan fingerprint density at radius 3 is 2.74 bits per heavy atom. The van der Waals surface area contributed by atoms with Crippen LogP contribution >= 0.6 is 0 Å². The predicted molar refractivity (Wildman–Crippen MR) is 74.8 cm³/mol. The highest BCUT2D eigenvalue weighted by Gasteiger charge is 2.14. The van der Waals surface area contributed by atoms with Gasteiger partial charge in [-0.1, -0.05) is 19.9 Å². The predicted octanol–water partition coefficient (Wildman–Crippen LogP) is 1.88. The van der Waals surface area contributed by atoms with Crippen LogP contribution < -0.4 is 10.6 Å². The molecule has 0 unspecified atom stereocenters. The fraction of sp³-hybridized carbons (Fsp3) is 0.286. The van der Waals surface area contributed by atoms with Crippen molar-refractivity contribution in [2.75, 3.05) is 11.9 Å². The average Bonchev–Trinajstić information content (AvgIpc) is 2.85. The zero-order chi connectivity index (χ0) is 13.8. The van der Waals surface area contributed by atoms with Gasteiger partial charge in [0.1, 0.15) is 0 Å². The van der Waals surface area contributed by atoms with E-state index in [0.717, 1.165) is 10.9 Å². The third kappa shape index (κ3) is 3.13. The first-order chi connectivity index (χ1) is 9.08. The van der Waals surface area contributed by atoms with Gasteiger partial charge in [0.15, 0.2) is 0 Å². The van der Waals surface area contributed by atoms with Crippen LogP contribution in [0.1, 0.15) is 13.8 Å². The van der Waals surface area contributed by atoms with Crippen molar-refractivity contribution in [3.8, 4) is 0 Å². The van der Waals surface area contributed by atoms with Crippen molar-refractivity contribution in [3.63, 3.8) is 0 Å². The molecule has 1 aromatic carbocycles. The third-order valence-corrected chi connectivity index (χ3v) is 2.72. The Morgan fingerprint density at radius 2 is 2.00 bits per heavy atom. The number of nitrogens with one attached hydrogen (secondary N) is 3. The van der Waals surface area contributed by atoms with Crippen LogP contribution in [-0.4, -0.2) is 23.3 Å². The van der Waals surface area contributed by atoms with E-state index in [1.54, 1.807) is 12.3 Å². The monoisotopic (exact) mass is 259 g/mol. The minimum absolute atomic E-state index is 0.310. The van der Waals surface area contributed by atoms with Gasteiger partial charge in [0.05, 0.1) is 5.69 Å². The van der Waals surface area contributed by atoms with Crippen LogP contribution in [0.15, 0.2) is 30.5 Å². The number of benzene rings is 1. The molecule has 0 saturated carbocycles. The zero-order valence-electron chi connectivity index (χ0n) is 11.0. The fourth-order valence-electron chi connectivity index (χ4n) is 1.75. The molecule has 0 atom stereocenters. The maximum Gasteiger partial charge on any atom is 0.313 e. The van der Waals surface area contributed by atoms with E-state index in [0.29, 0.717) is 18.2 Å². The number of rotatable bonds is 3. The van der Waals surface area contributed by atoms with E-state index >= 15 is 0 Å². The van der Waals surface area contributed by atoms with Crippen LogP contribution in [0, 0.1) is 5.92 Å². The number of aromatic nitrogens is 1. The Morgan fingerprint density at radius 1 is 1.21 bits per heavy atom. The number of hydrogen-bond acceptors (Lipinski definition) is 2. The molecule has 0 aliphatic rings. The fourth-order valence-corrected chi connectivity index (χ4v) is 1.75. The Labute approximate surface area is 111 Å². The van der Waals surface area contributed by atoms with Gasteiger partial charge in [-0.2, -0.15) is 0 Å². The van der Waals surface area contributed by atoms with Gasteiger partial charge < -0.3 is 15.6 Å². The molecule has 0 radical (unpaired) electrons. The average molecular weight is 259 g/mol. The van der Waals surface area contributed by atoms with Crippen molar-refractivity contribution < 1.29 is 9.59 Å². The maximum absolute atomic E-state index is 11.8. The molecule has 100 valence electrons. The summed E-state index contributed by atoms with van der Waals surface area (Å²) in [5, 5.41) is 6.09. The highest BCUT2D eigenvalue weighted by atomic mass is 16.2. The number of aromatic amines is 1. The van der Waals surface area contributed by atoms with Gasteiger partial charge in [0.25, 0.3) is 0 Å². The second-order valence-corrected chi connectivity index (χ2v) is 4.80. The van der Waals surface area contributed by atoms with Crippen LogP contribution in [-0.2, 0) is 9.59 Å². The summed E-state index contributed by atoms with van der Waals surface area (Å²) in [7, 11) is 0. The normalized spacial score (nSPS) is 10.7. The van der Waals surface area contributed by atoms with Gasteiger partial charge in [0, 0.05) is 23.6 Å². The number of carbonyl (C=O) groups excluding carboxylic acids is 2. The Bertz CT molecular complexity index is 602. The molecule has 2 aromatic rings. The van der Waals surface area contributed by atoms with Crippen LogP contribution in [0.3, 0.4) is 0 Å². The molecule has 0 aliphatic heterocycles. The van der Waals surface area contributed by atoms with Crippen molar-refractivity contribution in [2.45, 2.75) is 13.8 Å². The number of fused-ring (bicyclic) bond motifs is 1. The molecule has 19 heavy (non-hydrogen) atoms. The highest BCUT2D eigenvalue weighted by Crippen LogP contribution is 2.21. The standard InChI is InChI=1S/C14H17N3O2/c1-9(2)8-16-13(18)14(19)17-12-5-3-4-11-10(12)6-7-15-11/h3-7,9,15H,8H2,1-2H3,(H,16,18)(H,17,19). The summed E-state index contributed by atoms with van der Waals surface area (Å²) in [6.45, 7) is 4.43. The zero-order valence-corrected chi connectivity index (χ0v) is 11.0. The molecule has 5 heteroatoms. The van der Waals surface area contributed by atoms with Crippen LogP contribution in [0.5, 0.6) is 0 Å². The SMILES string of the molecule is CC(C)CNC(=O)C(=O)Nc1cccc2[nH]ccc12. The molecule has 0 aliphatic carbocycles. The molecule has 2 rings (SSSR count). The summed E-state index contributed by atoms with van der Waals surface area (Å²) < 4.78 is 0. The molecule has 0 fully saturated rings. The lowest BCUT2D eigenvalue weighted by atomic mass is 10.2. The van der Waals surface area contributed by atoms with Crippen LogP contribution in [0.25, 0.3) is 10.9 Å². The Balaban J connectivity index is 2.06. The minimum atomic E-state index is -0.644. The van der Waals surface area contributed by atoms with E-state index in [-0.39, 0.29) is 0 Å². The number of amides is 2. The molecule has 5 nitrogen and oxygen atoms in total. The molecular formula is C14H17N3O2. The minimum Gasteiger partial charge on any atom is -0.361 e. The molecule has 1 aromatic heterocycles. The van der Waals surface area contributed by atoms with Crippen molar-refractivity contribution >= 4 is 28.4 Å². The number of carbonyl (C=O) groups is 2. The second kappa shape index (κ2) is 5.56. The van der Waals surface area contributed by atoms with E-state index in [9.17, 15) is 9.59 Å². The summed E-state index contributed by atoms with van der Waals surface area (Å²) >= 11 is 0. The molecular weight excluding hydrogens is 242 g/mol. The molecule has 0 spiro atoms. The van der Waals surface area contributed by atoms with E-state index in [1.807, 2.05) is 32.0 Å². The lowest BCUT2D eigenvalue weighted by molar-refractivity contribution is -0.136. The van der Waals surface area contributed by atoms with Gasteiger partial charge >= 0.3 is 11.8 Å². The van der Waals surface area contributed by atoms with Crippen LogP contribution in [0.4, 0.5) is 5.69 Å². The lowest BCUT2D eigenvalue weighted by Crippen LogP contribution is -2.37. The Kier molecular flexibility index (Phi) is 3.85. The van der Waals surface area contributed by atoms with E-state index in [4.69, 9.17) is 0 Å². The summed E-state index contributed by atoms with van der Waals surface area (Å²) in [4.78, 5) is 26.4. The van der Waals surface area contributed by atoms with E-state index < -0.39 is 11.8 Å². The quantitative estimate of drug-likeness (QED) is 0.736. The third-order valence-electron chi connectivity index (χ3n) is 2.72. The van der Waals surface area contributed by atoms with Crippen molar-refractivity contribution in [3.05, 3.63) is 30.5 Å². The molecule has 3 N–H and O–H groups in total. The topological polar surface area (TPSA) is 74.0 Å². The Hall–Kier alpha value is -2.30. The van der Waals surface area contributed by atoms with Crippen LogP contribution in [0.2, 0.25) is 0 Å². The van der Waals surface area contributed by atoms with Gasteiger partial charge in [-0.25, -0.2) is 0 Å². The van der Waals surface area contributed by atoms with Gasteiger partial charge in [-0.05, 0) is 24.1 Å². The molecule has 0 saturated heterocycles. The largest absolute Gasteiger partial charge is 0.361 e. The van der Waals surface area contributed by atoms with E-state index in [1.165, 1.54) is 0 Å². The first-order valence-corrected chi connectivity index (χ1v) is 6.23. The summed E-state index contributed by atoms with van der Waals surface area (Å²) in [5.41, 5.74) is 1.55. The summed E-state index contributed by atoms with van der Waals surface area (Å²) in [6, 6.07) is 7.35. The van der Waals surface area contributed by atoms with Gasteiger partial charge in [-0.15, -0.1) is 0 Å². The highest BCUT2D eigenvalue weighted by molar-refractivity contribution is 6.40. The van der Waals surface area contributed by atoms with Crippen molar-refractivity contribution in [1.82, 2.24) is 10.3 Å². The second-order valence-electron chi connectivity index (χ2n) is 4.80. The lowest BCUT2D eigenvalue weighted by Gasteiger charge is -2.08. The molecule has 2 amide bonds. The maximum atomic E-state index is 11.8. The van der Waals surface area contributed by atoms with Gasteiger partial charge in [-0.3, -0.25) is 9.59 Å². The van der Waals surface area contributed by atoms with Crippen molar-refractivity contribution in [2.24, 2.45) is 5.92 Å². The smallest absolute Gasteiger partial charge is 0.313 e. The summed E-state index contributed by atoms with van der Waals surface area (Å²) in [6.07, 6.45) is 1.79. The van der Waals surface area contributed by atoms with Crippen molar-refractivity contribution in [1.29, 1.82) is 0 Å². The summed E-state index contributed by atoms with van der Waals surface area (Å²) in [5.74, 6) is -0.944. The number of H-pyrrole nitrogens is 1. The van der Waals surface area contributed by atoms with E-state index in [2.05, 4.69) is 15.6 Å². The molecule has 1 heterocycles. The number of anilines is 1. The van der Waals surface area contributed by atoms with Gasteiger partial charge in [0.2, 0.25) is 0 Å².